The molecule has 3 atom stereocenters. The van der Waals surface area contributed by atoms with E-state index < -0.39 is 0 Å². The van der Waals surface area contributed by atoms with Crippen LogP contribution in [-0.4, -0.2) is 42.5 Å². The zero-order valence-electron chi connectivity index (χ0n) is 13.5. The number of nitrogens with zero attached hydrogens (tertiary/aromatic N) is 1. The molecule has 2 fully saturated rings. The first-order valence-corrected chi connectivity index (χ1v) is 8.35. The minimum atomic E-state index is 0.00340. The van der Waals surface area contributed by atoms with E-state index in [9.17, 15) is 9.59 Å². The van der Waals surface area contributed by atoms with Gasteiger partial charge in [0.15, 0.2) is 0 Å². The lowest BCUT2D eigenvalue weighted by Crippen LogP contribution is -2.48. The highest BCUT2D eigenvalue weighted by Crippen LogP contribution is 2.39. The molecule has 0 unspecified atom stereocenters. The van der Waals surface area contributed by atoms with Gasteiger partial charge in [-0.1, -0.05) is 36.8 Å². The normalized spacial score (nSPS) is 27.8. The van der Waals surface area contributed by atoms with E-state index in [0.717, 1.165) is 31.2 Å². The smallest absolute Gasteiger partial charge is 0.249 e. The lowest BCUT2D eigenvalue weighted by Gasteiger charge is -2.33. The summed E-state index contributed by atoms with van der Waals surface area (Å²) >= 11 is 0. The minimum absolute atomic E-state index is 0.00340. The third kappa shape index (κ3) is 3.39. The highest BCUT2D eigenvalue weighted by molar-refractivity contribution is 5.80. The molecular formula is C18H24N2O3. The zero-order valence-corrected chi connectivity index (χ0v) is 13.5. The number of hydrogen-bond acceptors (Lipinski definition) is 3. The van der Waals surface area contributed by atoms with Crippen molar-refractivity contribution in [3.8, 4) is 0 Å². The van der Waals surface area contributed by atoms with Crippen LogP contribution in [0.1, 0.15) is 43.7 Å². The first-order valence-electron chi connectivity index (χ1n) is 8.35. The van der Waals surface area contributed by atoms with Gasteiger partial charge in [-0.15, -0.1) is 0 Å². The van der Waals surface area contributed by atoms with Gasteiger partial charge in [0, 0.05) is 13.5 Å². The Morgan fingerprint density at radius 1 is 1.30 bits per heavy atom. The quantitative estimate of drug-likeness (QED) is 0.928. The van der Waals surface area contributed by atoms with Crippen molar-refractivity contribution in [2.45, 2.75) is 50.2 Å². The molecule has 0 radical (unpaired) electrons. The predicted molar refractivity (Wildman–Crippen MR) is 86.7 cm³/mol. The molecule has 0 aliphatic carbocycles. The maximum atomic E-state index is 12.7. The van der Waals surface area contributed by atoms with E-state index in [1.165, 1.54) is 0 Å². The van der Waals surface area contributed by atoms with Gasteiger partial charge in [0.05, 0.1) is 18.1 Å². The molecule has 2 aliphatic heterocycles. The number of fused-ring (bicyclic) bond motifs is 1. The van der Waals surface area contributed by atoms with Crippen molar-refractivity contribution in [3.05, 3.63) is 35.9 Å². The van der Waals surface area contributed by atoms with E-state index in [0.29, 0.717) is 6.42 Å². The molecule has 124 valence electrons. The maximum Gasteiger partial charge on any atom is 0.249 e. The minimum Gasteiger partial charge on any atom is -0.375 e. The first kappa shape index (κ1) is 16.0. The zero-order chi connectivity index (χ0) is 16.2. The van der Waals surface area contributed by atoms with E-state index in [1.807, 2.05) is 23.1 Å². The van der Waals surface area contributed by atoms with E-state index in [2.05, 4.69) is 17.4 Å². The van der Waals surface area contributed by atoms with Crippen LogP contribution in [0.25, 0.3) is 0 Å². The molecule has 2 aliphatic rings. The Kier molecular flexibility index (Phi) is 4.96. The van der Waals surface area contributed by atoms with Gasteiger partial charge >= 0.3 is 0 Å². The van der Waals surface area contributed by atoms with Crippen molar-refractivity contribution in [2.75, 3.05) is 13.7 Å². The third-order valence-corrected chi connectivity index (χ3v) is 4.87. The molecule has 0 saturated carbocycles. The lowest BCUT2D eigenvalue weighted by molar-refractivity contribution is -0.139. The van der Waals surface area contributed by atoms with Gasteiger partial charge in [-0.2, -0.15) is 0 Å². The average Bonchev–Trinajstić information content (AvgIpc) is 2.88. The van der Waals surface area contributed by atoms with Crippen molar-refractivity contribution in [1.82, 2.24) is 10.2 Å². The summed E-state index contributed by atoms with van der Waals surface area (Å²) in [7, 11) is 1.54. The number of carbonyl (C=O) groups excluding carboxylic acids is 2. The number of rotatable bonds is 3. The van der Waals surface area contributed by atoms with Crippen molar-refractivity contribution in [2.24, 2.45) is 0 Å². The van der Waals surface area contributed by atoms with Gasteiger partial charge in [0.1, 0.15) is 6.61 Å². The maximum absolute atomic E-state index is 12.7. The second kappa shape index (κ2) is 7.13. The van der Waals surface area contributed by atoms with Crippen LogP contribution >= 0.6 is 0 Å². The van der Waals surface area contributed by atoms with Gasteiger partial charge < -0.3 is 15.0 Å². The summed E-state index contributed by atoms with van der Waals surface area (Å²) in [6.45, 7) is 0.0838. The summed E-state index contributed by atoms with van der Waals surface area (Å²) in [4.78, 5) is 26.6. The van der Waals surface area contributed by atoms with Crippen molar-refractivity contribution >= 4 is 11.8 Å². The van der Waals surface area contributed by atoms with Gasteiger partial charge in [-0.05, 0) is 24.8 Å². The lowest BCUT2D eigenvalue weighted by atomic mass is 9.97. The Hall–Kier alpha value is -1.88. The summed E-state index contributed by atoms with van der Waals surface area (Å²) in [5.74, 6) is 0.108. The number of amides is 2. The van der Waals surface area contributed by atoms with Crippen molar-refractivity contribution < 1.29 is 14.3 Å². The number of likely N-dealkylation sites (tertiary alicyclic amines) is 1. The summed E-state index contributed by atoms with van der Waals surface area (Å²) in [5.41, 5.74) is 1.12. The number of nitrogens with one attached hydrogen (secondary N) is 1. The SMILES string of the molecule is COCC(=O)N1[C@H](c2ccccc2)C[C@H]2NC(=O)CCCC[C@@H]21. The molecule has 1 aromatic carbocycles. The summed E-state index contributed by atoms with van der Waals surface area (Å²) in [6, 6.07) is 10.2. The van der Waals surface area contributed by atoms with Crippen LogP contribution in [-0.2, 0) is 14.3 Å². The van der Waals surface area contributed by atoms with Crippen molar-refractivity contribution in [3.63, 3.8) is 0 Å². The molecule has 2 amide bonds. The molecular weight excluding hydrogens is 292 g/mol. The Bertz CT molecular complexity index is 561. The highest BCUT2D eigenvalue weighted by atomic mass is 16.5. The van der Waals surface area contributed by atoms with Crippen LogP contribution < -0.4 is 5.32 Å². The van der Waals surface area contributed by atoms with E-state index >= 15 is 0 Å². The second-order valence-corrected chi connectivity index (χ2v) is 6.38. The molecule has 0 bridgehead atoms. The molecule has 5 nitrogen and oxygen atoms in total. The Balaban J connectivity index is 1.91. The fraction of sp³-hybridized carbons (Fsp3) is 0.556. The molecule has 2 heterocycles. The predicted octanol–water partition coefficient (Wildman–Crippen LogP) is 2.03. The Morgan fingerprint density at radius 2 is 2.09 bits per heavy atom. The van der Waals surface area contributed by atoms with Crippen LogP contribution in [0.2, 0.25) is 0 Å². The number of hydrogen-bond donors (Lipinski definition) is 1. The standard InChI is InChI=1S/C18H24N2O3/c1-23-12-18(22)20-15-9-5-6-10-17(21)19-14(15)11-16(20)13-7-3-2-4-8-13/h2-4,7-8,14-16H,5-6,9-12H2,1H3,(H,19,21)/t14-,15+,16+/m1/s1. The summed E-state index contributed by atoms with van der Waals surface area (Å²) < 4.78 is 5.08. The Morgan fingerprint density at radius 3 is 2.83 bits per heavy atom. The molecule has 0 spiro atoms. The molecule has 2 saturated heterocycles. The number of methoxy groups -OCH3 is 1. The van der Waals surface area contributed by atoms with Crippen LogP contribution in [0, 0.1) is 0 Å². The van der Waals surface area contributed by atoms with Gasteiger partial charge in [0.2, 0.25) is 11.8 Å². The molecule has 23 heavy (non-hydrogen) atoms. The molecule has 0 aromatic heterocycles. The molecule has 1 aromatic rings. The Labute approximate surface area is 137 Å². The fourth-order valence-electron chi connectivity index (χ4n) is 3.88. The monoisotopic (exact) mass is 316 g/mol. The number of benzene rings is 1. The van der Waals surface area contributed by atoms with Crippen LogP contribution in [0.15, 0.2) is 30.3 Å². The largest absolute Gasteiger partial charge is 0.375 e. The van der Waals surface area contributed by atoms with Crippen LogP contribution in [0.4, 0.5) is 0 Å². The topological polar surface area (TPSA) is 58.6 Å². The molecule has 5 heteroatoms. The third-order valence-electron chi connectivity index (χ3n) is 4.87. The van der Waals surface area contributed by atoms with E-state index in [1.54, 1.807) is 7.11 Å². The number of ether oxygens (including phenoxy) is 1. The van der Waals surface area contributed by atoms with Crippen molar-refractivity contribution in [1.29, 1.82) is 0 Å². The van der Waals surface area contributed by atoms with E-state index in [-0.39, 0.29) is 36.5 Å². The summed E-state index contributed by atoms with van der Waals surface area (Å²) in [6.07, 6.45) is 4.16. The molecule has 1 N–H and O–H groups in total. The highest BCUT2D eigenvalue weighted by Gasteiger charge is 2.44. The average molecular weight is 316 g/mol. The molecule has 3 rings (SSSR count). The van der Waals surface area contributed by atoms with Gasteiger partial charge in [-0.3, -0.25) is 9.59 Å². The second-order valence-electron chi connectivity index (χ2n) is 6.38. The van der Waals surface area contributed by atoms with Crippen LogP contribution in [0.5, 0.6) is 0 Å². The van der Waals surface area contributed by atoms with Crippen LogP contribution in [0.3, 0.4) is 0 Å². The van der Waals surface area contributed by atoms with Gasteiger partial charge in [-0.25, -0.2) is 0 Å². The van der Waals surface area contributed by atoms with E-state index in [4.69, 9.17) is 4.74 Å². The first-order chi connectivity index (χ1) is 11.2. The number of carbonyl (C=O) groups is 2. The summed E-state index contributed by atoms with van der Waals surface area (Å²) in [5, 5.41) is 3.13. The van der Waals surface area contributed by atoms with Gasteiger partial charge in [0.25, 0.3) is 0 Å². The fourth-order valence-corrected chi connectivity index (χ4v) is 3.88.